The molecule has 0 atom stereocenters. The Hall–Kier alpha value is -1.75. The van der Waals surface area contributed by atoms with Gasteiger partial charge in [0.25, 0.3) is 0 Å². The van der Waals surface area contributed by atoms with Crippen LogP contribution in [-0.2, 0) is 4.74 Å². The highest BCUT2D eigenvalue weighted by Crippen LogP contribution is 2.19. The molecule has 0 saturated carbocycles. The SMILES string of the molecule is CC(C)(C)NC(=O)Nc1ccc(N2CCOCC2)cc1. The minimum absolute atomic E-state index is 0.184. The molecule has 0 aliphatic carbocycles. The van der Waals surface area contributed by atoms with E-state index in [1.165, 1.54) is 0 Å². The Bertz CT molecular complexity index is 445. The maximum Gasteiger partial charge on any atom is 0.319 e. The maximum atomic E-state index is 11.8. The summed E-state index contributed by atoms with van der Waals surface area (Å²) < 4.78 is 5.34. The summed E-state index contributed by atoms with van der Waals surface area (Å²) in [6.45, 7) is 9.23. The first kappa shape index (κ1) is 14.7. The standard InChI is InChI=1S/C15H23N3O2/c1-15(2,3)17-14(19)16-12-4-6-13(7-5-12)18-8-10-20-11-9-18/h4-7H,8-11H2,1-3H3,(H2,16,17,19). The molecule has 1 fully saturated rings. The molecule has 5 heteroatoms. The summed E-state index contributed by atoms with van der Waals surface area (Å²) in [5.41, 5.74) is 1.72. The lowest BCUT2D eigenvalue weighted by Crippen LogP contribution is -2.43. The molecule has 1 saturated heterocycles. The largest absolute Gasteiger partial charge is 0.378 e. The molecule has 2 N–H and O–H groups in total. The van der Waals surface area contributed by atoms with E-state index in [4.69, 9.17) is 4.74 Å². The lowest BCUT2D eigenvalue weighted by Gasteiger charge is -2.29. The molecule has 1 aliphatic rings. The van der Waals surface area contributed by atoms with Crippen molar-refractivity contribution in [2.24, 2.45) is 0 Å². The summed E-state index contributed by atoms with van der Waals surface area (Å²) >= 11 is 0. The van der Waals surface area contributed by atoms with E-state index >= 15 is 0 Å². The van der Waals surface area contributed by atoms with Crippen LogP contribution in [0.1, 0.15) is 20.8 Å². The predicted octanol–water partition coefficient (Wildman–Crippen LogP) is 2.44. The minimum atomic E-state index is -0.238. The molecule has 0 unspecified atom stereocenters. The Kier molecular flexibility index (Phi) is 4.49. The number of morpholine rings is 1. The minimum Gasteiger partial charge on any atom is -0.378 e. The molecule has 0 aromatic heterocycles. The molecule has 1 aromatic rings. The number of carbonyl (C=O) groups excluding carboxylic acids is 1. The van der Waals surface area contributed by atoms with Gasteiger partial charge in [-0.3, -0.25) is 0 Å². The Balaban J connectivity index is 1.92. The van der Waals surface area contributed by atoms with Crippen molar-refractivity contribution in [3.05, 3.63) is 24.3 Å². The van der Waals surface area contributed by atoms with Crippen LogP contribution < -0.4 is 15.5 Å². The van der Waals surface area contributed by atoms with Gasteiger partial charge in [-0.2, -0.15) is 0 Å². The van der Waals surface area contributed by atoms with E-state index in [9.17, 15) is 4.79 Å². The van der Waals surface area contributed by atoms with Crippen molar-refractivity contribution in [2.75, 3.05) is 36.5 Å². The van der Waals surface area contributed by atoms with E-state index in [-0.39, 0.29) is 11.6 Å². The van der Waals surface area contributed by atoms with Crippen molar-refractivity contribution in [3.8, 4) is 0 Å². The van der Waals surface area contributed by atoms with E-state index in [0.717, 1.165) is 37.7 Å². The smallest absolute Gasteiger partial charge is 0.319 e. The average molecular weight is 277 g/mol. The van der Waals surface area contributed by atoms with Gasteiger partial charge in [-0.15, -0.1) is 0 Å². The molecule has 0 bridgehead atoms. The normalized spacial score (nSPS) is 15.8. The first-order valence-electron chi connectivity index (χ1n) is 6.96. The quantitative estimate of drug-likeness (QED) is 0.873. The zero-order chi connectivity index (χ0) is 14.6. The number of nitrogens with one attached hydrogen (secondary N) is 2. The fourth-order valence-electron chi connectivity index (χ4n) is 2.08. The molecule has 0 spiro atoms. The monoisotopic (exact) mass is 277 g/mol. The number of rotatable bonds is 2. The topological polar surface area (TPSA) is 53.6 Å². The second-order valence-electron chi connectivity index (χ2n) is 5.98. The zero-order valence-corrected chi connectivity index (χ0v) is 12.4. The number of anilines is 2. The van der Waals surface area contributed by atoms with Crippen LogP contribution in [-0.4, -0.2) is 37.9 Å². The van der Waals surface area contributed by atoms with Crippen LogP contribution in [0.5, 0.6) is 0 Å². The summed E-state index contributed by atoms with van der Waals surface area (Å²) in [6.07, 6.45) is 0. The molecular formula is C15H23N3O2. The first-order valence-corrected chi connectivity index (χ1v) is 6.96. The van der Waals surface area contributed by atoms with Crippen LogP contribution in [0.15, 0.2) is 24.3 Å². The van der Waals surface area contributed by atoms with Gasteiger partial charge in [-0.05, 0) is 45.0 Å². The van der Waals surface area contributed by atoms with Gasteiger partial charge in [0.15, 0.2) is 0 Å². The molecule has 110 valence electrons. The first-order chi connectivity index (χ1) is 9.44. The highest BCUT2D eigenvalue weighted by atomic mass is 16.5. The third-order valence-corrected chi connectivity index (χ3v) is 2.99. The van der Waals surface area contributed by atoms with Gasteiger partial charge in [-0.1, -0.05) is 0 Å². The highest BCUT2D eigenvalue weighted by molar-refractivity contribution is 5.89. The summed E-state index contributed by atoms with van der Waals surface area (Å²) in [5, 5.41) is 5.70. The Morgan fingerprint density at radius 1 is 1.15 bits per heavy atom. The molecule has 0 radical (unpaired) electrons. The summed E-state index contributed by atoms with van der Waals surface area (Å²) in [5.74, 6) is 0. The van der Waals surface area contributed by atoms with E-state index in [1.54, 1.807) is 0 Å². The van der Waals surface area contributed by atoms with E-state index < -0.39 is 0 Å². The number of benzene rings is 1. The van der Waals surface area contributed by atoms with Crippen molar-refractivity contribution >= 4 is 17.4 Å². The summed E-state index contributed by atoms with van der Waals surface area (Å²) in [6, 6.07) is 7.72. The van der Waals surface area contributed by atoms with E-state index in [0.29, 0.717) is 0 Å². The second kappa shape index (κ2) is 6.13. The summed E-state index contributed by atoms with van der Waals surface area (Å²) in [7, 11) is 0. The van der Waals surface area contributed by atoms with Crippen LogP contribution >= 0.6 is 0 Å². The van der Waals surface area contributed by atoms with Crippen molar-refractivity contribution in [3.63, 3.8) is 0 Å². The number of amides is 2. The molecule has 1 heterocycles. The Morgan fingerprint density at radius 3 is 2.30 bits per heavy atom. The summed E-state index contributed by atoms with van der Waals surface area (Å²) in [4.78, 5) is 14.0. The van der Waals surface area contributed by atoms with Crippen molar-refractivity contribution in [2.45, 2.75) is 26.3 Å². The van der Waals surface area contributed by atoms with Crippen LogP contribution in [0.2, 0.25) is 0 Å². The second-order valence-corrected chi connectivity index (χ2v) is 5.98. The highest BCUT2D eigenvalue weighted by Gasteiger charge is 2.14. The van der Waals surface area contributed by atoms with E-state index in [1.807, 2.05) is 45.0 Å². The van der Waals surface area contributed by atoms with Crippen LogP contribution in [0.4, 0.5) is 16.2 Å². The van der Waals surface area contributed by atoms with Gasteiger partial charge < -0.3 is 20.3 Å². The van der Waals surface area contributed by atoms with Crippen LogP contribution in [0.25, 0.3) is 0 Å². The molecule has 1 aliphatic heterocycles. The molecule has 1 aromatic carbocycles. The van der Waals surface area contributed by atoms with Crippen molar-refractivity contribution in [1.82, 2.24) is 5.32 Å². The zero-order valence-electron chi connectivity index (χ0n) is 12.4. The number of nitrogens with zero attached hydrogens (tertiary/aromatic N) is 1. The number of carbonyl (C=O) groups is 1. The van der Waals surface area contributed by atoms with Gasteiger partial charge >= 0.3 is 6.03 Å². The van der Waals surface area contributed by atoms with Gasteiger partial charge in [0.2, 0.25) is 0 Å². The third kappa shape index (κ3) is 4.42. The van der Waals surface area contributed by atoms with Gasteiger partial charge in [0.1, 0.15) is 0 Å². The van der Waals surface area contributed by atoms with Gasteiger partial charge in [0.05, 0.1) is 13.2 Å². The molecule has 2 amide bonds. The van der Waals surface area contributed by atoms with Crippen molar-refractivity contribution in [1.29, 1.82) is 0 Å². The Labute approximate surface area is 120 Å². The fraction of sp³-hybridized carbons (Fsp3) is 0.533. The molecule has 2 rings (SSSR count). The van der Waals surface area contributed by atoms with Gasteiger partial charge in [0, 0.05) is 30.0 Å². The fourth-order valence-corrected chi connectivity index (χ4v) is 2.08. The lowest BCUT2D eigenvalue weighted by atomic mass is 10.1. The molecule has 20 heavy (non-hydrogen) atoms. The average Bonchev–Trinajstić information content (AvgIpc) is 2.38. The maximum absolute atomic E-state index is 11.8. The lowest BCUT2D eigenvalue weighted by molar-refractivity contribution is 0.122. The number of ether oxygens (including phenoxy) is 1. The van der Waals surface area contributed by atoms with Crippen LogP contribution in [0.3, 0.4) is 0 Å². The van der Waals surface area contributed by atoms with Crippen LogP contribution in [0, 0.1) is 0 Å². The predicted molar refractivity (Wildman–Crippen MR) is 81.4 cm³/mol. The molecule has 5 nitrogen and oxygen atoms in total. The number of hydrogen-bond acceptors (Lipinski definition) is 3. The third-order valence-electron chi connectivity index (χ3n) is 2.99. The van der Waals surface area contributed by atoms with E-state index in [2.05, 4.69) is 15.5 Å². The Morgan fingerprint density at radius 2 is 1.75 bits per heavy atom. The number of hydrogen-bond donors (Lipinski definition) is 2. The molecular weight excluding hydrogens is 254 g/mol. The van der Waals surface area contributed by atoms with Crippen molar-refractivity contribution < 1.29 is 9.53 Å². The van der Waals surface area contributed by atoms with Gasteiger partial charge in [-0.25, -0.2) is 4.79 Å². The number of urea groups is 1.